The molecule has 1 amide bonds. The number of ether oxygens (including phenoxy) is 1. The molecule has 8 nitrogen and oxygen atoms in total. The van der Waals surface area contributed by atoms with E-state index in [1.165, 1.54) is 25.2 Å². The summed E-state index contributed by atoms with van der Waals surface area (Å²) in [7, 11) is -0.514. The molecule has 1 saturated heterocycles. The molecule has 0 saturated carbocycles. The number of hydroxylamine groups is 1. The Morgan fingerprint density at radius 3 is 2.51 bits per heavy atom. The van der Waals surface area contributed by atoms with E-state index in [4.69, 9.17) is 4.74 Å². The summed E-state index contributed by atoms with van der Waals surface area (Å²) in [6.07, 6.45) is 2.56. The number of hydrogen-bond acceptors (Lipinski definition) is 6. The van der Waals surface area contributed by atoms with E-state index in [1.54, 1.807) is 24.5 Å². The number of rotatable bonds is 8. The molecular weight excluding hydrogens is 534 g/mol. The van der Waals surface area contributed by atoms with Crippen molar-refractivity contribution in [3.63, 3.8) is 0 Å². The summed E-state index contributed by atoms with van der Waals surface area (Å²) in [5, 5.41) is 9.35. The molecule has 1 aliphatic heterocycles. The number of carbonyl (C=O) groups is 1. The highest BCUT2D eigenvalue weighted by atomic mass is 79.9. The molecule has 10 heteroatoms. The Labute approximate surface area is 215 Å². The summed E-state index contributed by atoms with van der Waals surface area (Å²) in [4.78, 5) is 14.9. The number of anilines is 1. The fourth-order valence-corrected chi connectivity index (χ4v) is 5.93. The second-order valence-electron chi connectivity index (χ2n) is 8.51. The first-order valence-corrected chi connectivity index (χ1v) is 13.5. The van der Waals surface area contributed by atoms with Crippen LogP contribution in [0.25, 0.3) is 0 Å². The van der Waals surface area contributed by atoms with E-state index in [0.717, 1.165) is 35.8 Å². The Morgan fingerprint density at radius 1 is 1.26 bits per heavy atom. The van der Waals surface area contributed by atoms with Gasteiger partial charge in [-0.2, -0.15) is 0 Å². The summed E-state index contributed by atoms with van der Waals surface area (Å²) in [5.74, 6) is 5.59. The number of benzene rings is 2. The molecule has 2 aromatic carbocycles. The van der Waals surface area contributed by atoms with Crippen LogP contribution in [0.2, 0.25) is 0 Å². The van der Waals surface area contributed by atoms with Crippen molar-refractivity contribution >= 4 is 37.5 Å². The quantitative estimate of drug-likeness (QED) is 0.289. The number of carbonyl (C=O) groups excluding carboxylic acids is 1. The number of piperidine rings is 1. The van der Waals surface area contributed by atoms with E-state index in [0.29, 0.717) is 22.6 Å². The van der Waals surface area contributed by atoms with Crippen LogP contribution >= 0.6 is 15.9 Å². The summed E-state index contributed by atoms with van der Waals surface area (Å²) in [6.45, 7) is 3.85. The molecule has 0 aromatic heterocycles. The number of nitrogens with zero attached hydrogens (tertiary/aromatic N) is 2. The van der Waals surface area contributed by atoms with E-state index in [-0.39, 0.29) is 22.8 Å². The highest BCUT2D eigenvalue weighted by Crippen LogP contribution is 2.36. The first kappa shape index (κ1) is 27.0. The van der Waals surface area contributed by atoms with Gasteiger partial charge in [-0.05, 0) is 94.2 Å². The summed E-state index contributed by atoms with van der Waals surface area (Å²) >= 11 is 3.44. The van der Waals surface area contributed by atoms with Crippen molar-refractivity contribution in [3.05, 3.63) is 52.0 Å². The topological polar surface area (TPSA) is 99.2 Å². The molecule has 2 aromatic rings. The van der Waals surface area contributed by atoms with Gasteiger partial charge in [-0.1, -0.05) is 21.9 Å². The zero-order chi connectivity index (χ0) is 25.6. The van der Waals surface area contributed by atoms with Crippen molar-refractivity contribution in [1.29, 1.82) is 0 Å². The van der Waals surface area contributed by atoms with E-state index >= 15 is 0 Å². The first-order chi connectivity index (χ1) is 16.7. The van der Waals surface area contributed by atoms with Crippen LogP contribution < -0.4 is 14.5 Å². The standard InChI is InChI=1S/C25H30BrN3O5S/c1-4-5-14-34-21-6-8-22(9-7-21)35(32,33)29(3)24-19(15-18-10-12-28(2)13-11-18)16-20(26)17-23(24)25(30)27-31/h6-9,16-18,31H,10-15H2,1-3H3,(H,27,30). The fourth-order valence-electron chi connectivity index (χ4n) is 4.17. The molecule has 3 rings (SSSR count). The van der Waals surface area contributed by atoms with Crippen molar-refractivity contribution < 1.29 is 23.2 Å². The molecule has 0 bridgehead atoms. The largest absolute Gasteiger partial charge is 0.481 e. The summed E-state index contributed by atoms with van der Waals surface area (Å²) < 4.78 is 34.4. The van der Waals surface area contributed by atoms with Crippen molar-refractivity contribution in [2.24, 2.45) is 5.92 Å². The third kappa shape index (κ3) is 6.55. The minimum absolute atomic E-state index is 0.0532. The van der Waals surface area contributed by atoms with Gasteiger partial charge < -0.3 is 9.64 Å². The van der Waals surface area contributed by atoms with E-state index in [9.17, 15) is 18.4 Å². The predicted octanol–water partition coefficient (Wildman–Crippen LogP) is 3.68. The number of amides is 1. The van der Waals surface area contributed by atoms with Crippen molar-refractivity contribution in [3.8, 4) is 17.6 Å². The number of halogens is 1. The van der Waals surface area contributed by atoms with Crippen LogP contribution in [0.5, 0.6) is 5.75 Å². The van der Waals surface area contributed by atoms with Gasteiger partial charge in [0.25, 0.3) is 15.9 Å². The highest BCUT2D eigenvalue weighted by Gasteiger charge is 2.29. The number of likely N-dealkylation sites (tertiary alicyclic amines) is 1. The monoisotopic (exact) mass is 563 g/mol. The molecule has 0 spiro atoms. The van der Waals surface area contributed by atoms with E-state index in [2.05, 4.69) is 39.7 Å². The Balaban J connectivity index is 2.00. The Morgan fingerprint density at radius 2 is 1.91 bits per heavy atom. The molecule has 0 aliphatic carbocycles. The van der Waals surface area contributed by atoms with Gasteiger partial charge in [0.15, 0.2) is 0 Å². The lowest BCUT2D eigenvalue weighted by Gasteiger charge is -2.31. The van der Waals surface area contributed by atoms with Crippen molar-refractivity contribution in [2.45, 2.75) is 31.1 Å². The first-order valence-electron chi connectivity index (χ1n) is 11.2. The molecule has 0 atom stereocenters. The molecule has 1 fully saturated rings. The maximum atomic E-state index is 13.6. The van der Waals surface area contributed by atoms with Gasteiger partial charge in [-0.15, -0.1) is 5.92 Å². The SMILES string of the molecule is CC#CCOc1ccc(S(=O)(=O)N(C)c2c(CC3CCN(C)CC3)cc(Br)cc2C(=O)NO)cc1. The average Bonchev–Trinajstić information content (AvgIpc) is 2.84. The maximum absolute atomic E-state index is 13.6. The van der Waals surface area contributed by atoms with Gasteiger partial charge in [0.05, 0.1) is 16.1 Å². The van der Waals surface area contributed by atoms with Crippen LogP contribution in [0.1, 0.15) is 35.7 Å². The van der Waals surface area contributed by atoms with Crippen molar-refractivity contribution in [2.75, 3.05) is 38.1 Å². The average molecular weight is 565 g/mol. The molecular formula is C25H30BrN3O5S. The number of hydrogen-bond donors (Lipinski definition) is 2. The predicted molar refractivity (Wildman–Crippen MR) is 138 cm³/mol. The van der Waals surface area contributed by atoms with Crippen LogP contribution in [0.3, 0.4) is 0 Å². The lowest BCUT2D eigenvalue weighted by atomic mass is 9.89. The van der Waals surface area contributed by atoms with Gasteiger partial charge in [0, 0.05) is 11.5 Å². The van der Waals surface area contributed by atoms with Crippen LogP contribution in [0.4, 0.5) is 5.69 Å². The van der Waals surface area contributed by atoms with Gasteiger partial charge in [-0.3, -0.25) is 14.3 Å². The molecule has 188 valence electrons. The minimum Gasteiger partial charge on any atom is -0.481 e. The Bertz CT molecular complexity index is 1210. The molecule has 0 unspecified atom stereocenters. The van der Waals surface area contributed by atoms with Gasteiger partial charge in [0.1, 0.15) is 12.4 Å². The zero-order valence-electron chi connectivity index (χ0n) is 20.0. The van der Waals surface area contributed by atoms with E-state index < -0.39 is 15.9 Å². The van der Waals surface area contributed by atoms with Gasteiger partial charge in [-0.25, -0.2) is 13.9 Å². The van der Waals surface area contributed by atoms with Crippen LogP contribution in [-0.2, 0) is 16.4 Å². The fraction of sp³-hybridized carbons (Fsp3) is 0.400. The minimum atomic E-state index is -4.02. The third-order valence-corrected chi connectivity index (χ3v) is 8.36. The normalized spacial score (nSPS) is 14.7. The van der Waals surface area contributed by atoms with Crippen LogP contribution in [-0.4, -0.2) is 58.2 Å². The molecule has 1 heterocycles. The lowest BCUT2D eigenvalue weighted by molar-refractivity contribution is 0.0707. The second kappa shape index (κ2) is 11.9. The molecule has 2 N–H and O–H groups in total. The maximum Gasteiger partial charge on any atom is 0.276 e. The molecule has 1 aliphatic rings. The zero-order valence-corrected chi connectivity index (χ0v) is 22.4. The Kier molecular flexibility index (Phi) is 9.19. The Hall–Kier alpha value is -2.58. The smallest absolute Gasteiger partial charge is 0.276 e. The third-order valence-electron chi connectivity index (χ3n) is 6.13. The lowest BCUT2D eigenvalue weighted by Crippen LogP contribution is -2.33. The number of sulfonamides is 1. The molecule has 35 heavy (non-hydrogen) atoms. The van der Waals surface area contributed by atoms with Gasteiger partial charge >= 0.3 is 0 Å². The summed E-state index contributed by atoms with van der Waals surface area (Å²) in [6, 6.07) is 9.42. The molecule has 0 radical (unpaired) electrons. The van der Waals surface area contributed by atoms with Crippen LogP contribution in [0.15, 0.2) is 45.8 Å². The van der Waals surface area contributed by atoms with Crippen LogP contribution in [0, 0.1) is 17.8 Å². The van der Waals surface area contributed by atoms with Gasteiger partial charge in [0.2, 0.25) is 0 Å². The van der Waals surface area contributed by atoms with Crippen molar-refractivity contribution in [1.82, 2.24) is 10.4 Å². The second-order valence-corrected chi connectivity index (χ2v) is 11.4. The summed E-state index contributed by atoms with van der Waals surface area (Å²) in [5.41, 5.74) is 2.68. The van der Waals surface area contributed by atoms with E-state index in [1.807, 2.05) is 6.07 Å². The highest BCUT2D eigenvalue weighted by molar-refractivity contribution is 9.10. The number of nitrogens with one attached hydrogen (secondary N) is 1.